The van der Waals surface area contributed by atoms with Crippen molar-refractivity contribution in [1.29, 1.82) is 0 Å². The van der Waals surface area contributed by atoms with Crippen LogP contribution >= 0.6 is 0 Å². The van der Waals surface area contributed by atoms with Gasteiger partial charge in [0.1, 0.15) is 12.4 Å². The molecule has 4 atom stereocenters. The van der Waals surface area contributed by atoms with Crippen molar-refractivity contribution in [2.45, 2.75) is 64.4 Å². The molecule has 0 amide bonds. The van der Waals surface area contributed by atoms with Crippen molar-refractivity contribution in [3.05, 3.63) is 89.5 Å². The van der Waals surface area contributed by atoms with Crippen molar-refractivity contribution in [2.75, 3.05) is 0 Å². The quantitative estimate of drug-likeness (QED) is 0.357. The van der Waals surface area contributed by atoms with Crippen LogP contribution < -0.4 is 4.74 Å². The summed E-state index contributed by atoms with van der Waals surface area (Å²) in [6.45, 7) is 2.61. The summed E-state index contributed by atoms with van der Waals surface area (Å²) in [5, 5.41) is 0. The maximum Gasteiger partial charge on any atom is 0.165 e. The molecule has 1 unspecified atom stereocenters. The van der Waals surface area contributed by atoms with E-state index < -0.39 is 5.82 Å². The van der Waals surface area contributed by atoms with E-state index in [9.17, 15) is 4.39 Å². The van der Waals surface area contributed by atoms with Crippen molar-refractivity contribution in [1.82, 2.24) is 0 Å². The Balaban J connectivity index is 1.26. The van der Waals surface area contributed by atoms with Gasteiger partial charge < -0.3 is 4.74 Å². The van der Waals surface area contributed by atoms with Crippen LogP contribution in [0.15, 0.2) is 66.7 Å². The topological polar surface area (TPSA) is 9.23 Å². The molecule has 2 aliphatic carbocycles. The molecule has 0 aliphatic heterocycles. The second kappa shape index (κ2) is 10.3. The van der Waals surface area contributed by atoms with Crippen LogP contribution in [0.5, 0.6) is 5.75 Å². The van der Waals surface area contributed by atoms with E-state index in [2.05, 4.69) is 13.0 Å². The minimum Gasteiger partial charge on any atom is -0.486 e. The van der Waals surface area contributed by atoms with Crippen LogP contribution in [0, 0.1) is 29.4 Å². The average molecular weight is 461 g/mol. The Hall–Kier alpha value is -2.68. The maximum atomic E-state index is 15.2. The highest BCUT2D eigenvalue weighted by Gasteiger charge is 2.35. The molecule has 0 bridgehead atoms. The summed E-state index contributed by atoms with van der Waals surface area (Å²) in [5.41, 5.74) is 3.05. The molecule has 2 aliphatic rings. The Morgan fingerprint density at radius 3 is 2.35 bits per heavy atom. The first-order valence-electron chi connectivity index (χ1n) is 12.9. The zero-order valence-electron chi connectivity index (χ0n) is 20.0. The first-order valence-corrected chi connectivity index (χ1v) is 12.9. The Kier molecular flexibility index (Phi) is 6.99. The van der Waals surface area contributed by atoms with Gasteiger partial charge >= 0.3 is 0 Å². The van der Waals surface area contributed by atoms with Crippen molar-refractivity contribution in [3.63, 3.8) is 0 Å². The number of ether oxygens (including phenoxy) is 1. The third-order valence-electron chi connectivity index (χ3n) is 8.24. The van der Waals surface area contributed by atoms with Crippen LogP contribution in [0.25, 0.3) is 11.1 Å². The number of benzene rings is 3. The van der Waals surface area contributed by atoms with Crippen LogP contribution in [0.1, 0.15) is 68.9 Å². The van der Waals surface area contributed by atoms with Crippen LogP contribution in [0.2, 0.25) is 0 Å². The molecular formula is C31H34F2O. The monoisotopic (exact) mass is 460 g/mol. The first kappa shape index (κ1) is 23.1. The summed E-state index contributed by atoms with van der Waals surface area (Å²) in [5.74, 6) is 2.44. The van der Waals surface area contributed by atoms with Crippen molar-refractivity contribution in [2.24, 2.45) is 17.8 Å². The highest BCUT2D eigenvalue weighted by molar-refractivity contribution is 5.65. The van der Waals surface area contributed by atoms with Crippen LogP contribution in [0.4, 0.5) is 8.78 Å². The number of rotatable bonds is 6. The Morgan fingerprint density at radius 1 is 0.794 bits per heavy atom. The Labute approximate surface area is 202 Å². The van der Waals surface area contributed by atoms with E-state index in [1.807, 2.05) is 36.4 Å². The second-order valence-corrected chi connectivity index (χ2v) is 10.3. The smallest absolute Gasteiger partial charge is 0.165 e. The SMILES string of the molecule is CCC1CC[C@@H]2C[C@H](c3ccc(-c4ccc(OCc5ccccc5)c(F)c4)c(F)c3)CC[C@@H]2C1. The first-order chi connectivity index (χ1) is 16.6. The fraction of sp³-hybridized carbons (Fsp3) is 0.419. The zero-order chi connectivity index (χ0) is 23.5. The fourth-order valence-corrected chi connectivity index (χ4v) is 6.20. The molecular weight excluding hydrogens is 426 g/mol. The number of hydrogen-bond acceptors (Lipinski definition) is 1. The summed E-state index contributed by atoms with van der Waals surface area (Å²) in [4.78, 5) is 0. The summed E-state index contributed by atoms with van der Waals surface area (Å²) in [6.07, 6.45) is 8.98. The molecule has 5 rings (SSSR count). The van der Waals surface area contributed by atoms with Gasteiger partial charge in [0.25, 0.3) is 0 Å². The predicted octanol–water partition coefficient (Wildman–Crippen LogP) is 8.92. The molecule has 2 fully saturated rings. The molecule has 1 nitrogen and oxygen atoms in total. The zero-order valence-corrected chi connectivity index (χ0v) is 20.0. The summed E-state index contributed by atoms with van der Waals surface area (Å²) >= 11 is 0. The third kappa shape index (κ3) is 5.04. The molecule has 3 aromatic rings. The highest BCUT2D eigenvalue weighted by atomic mass is 19.1. The lowest BCUT2D eigenvalue weighted by atomic mass is 9.63. The van der Waals surface area contributed by atoms with Gasteiger partial charge in [-0.2, -0.15) is 0 Å². The molecule has 0 spiro atoms. The summed E-state index contributed by atoms with van der Waals surface area (Å²) in [6, 6.07) is 19.9. The lowest BCUT2D eigenvalue weighted by Gasteiger charge is -2.42. The van der Waals surface area contributed by atoms with Gasteiger partial charge in [-0.15, -0.1) is 0 Å². The van der Waals surface area contributed by atoms with E-state index in [4.69, 9.17) is 4.74 Å². The molecule has 0 saturated heterocycles. The molecule has 178 valence electrons. The molecule has 0 N–H and O–H groups in total. The molecule has 0 radical (unpaired) electrons. The van der Waals surface area contributed by atoms with Gasteiger partial charge in [-0.1, -0.05) is 68.3 Å². The largest absolute Gasteiger partial charge is 0.486 e. The lowest BCUT2D eigenvalue weighted by molar-refractivity contribution is 0.116. The van der Waals surface area contributed by atoms with Gasteiger partial charge in [0.2, 0.25) is 0 Å². The summed E-state index contributed by atoms with van der Waals surface area (Å²) < 4.78 is 35.5. The van der Waals surface area contributed by atoms with E-state index in [0.717, 1.165) is 35.3 Å². The molecule has 0 aromatic heterocycles. The molecule has 2 saturated carbocycles. The normalized spacial score (nSPS) is 24.4. The lowest BCUT2D eigenvalue weighted by Crippen LogP contribution is -2.30. The van der Waals surface area contributed by atoms with E-state index >= 15 is 4.39 Å². The average Bonchev–Trinajstić information content (AvgIpc) is 2.88. The maximum absolute atomic E-state index is 15.2. The third-order valence-corrected chi connectivity index (χ3v) is 8.24. The molecule has 34 heavy (non-hydrogen) atoms. The molecule has 0 heterocycles. The number of fused-ring (bicyclic) bond motifs is 1. The standard InChI is InChI=1S/C31H34F2O/c1-2-21-8-9-24-17-25(11-10-23(24)16-21)26-12-14-28(29(32)18-26)27-13-15-31(30(33)19-27)34-20-22-6-4-3-5-7-22/h3-7,12-15,18-19,21,23-25H,2,8-11,16-17,20H2,1H3/t21?,23-,24-,25-/m1/s1. The van der Waals surface area contributed by atoms with Crippen LogP contribution in [-0.2, 0) is 6.61 Å². The van der Waals surface area contributed by atoms with Crippen molar-refractivity contribution in [3.8, 4) is 16.9 Å². The van der Waals surface area contributed by atoms with Gasteiger partial charge in [-0.3, -0.25) is 0 Å². The molecule has 3 heteroatoms. The Morgan fingerprint density at radius 2 is 1.59 bits per heavy atom. The van der Waals surface area contributed by atoms with E-state index in [-0.39, 0.29) is 11.6 Å². The second-order valence-electron chi connectivity index (χ2n) is 10.3. The predicted molar refractivity (Wildman–Crippen MR) is 134 cm³/mol. The van der Waals surface area contributed by atoms with E-state index in [1.165, 1.54) is 44.6 Å². The number of halogens is 2. The number of hydrogen-bond donors (Lipinski definition) is 0. The van der Waals surface area contributed by atoms with Gasteiger partial charge in [-0.05, 0) is 90.7 Å². The van der Waals surface area contributed by atoms with Crippen molar-refractivity contribution < 1.29 is 13.5 Å². The highest BCUT2D eigenvalue weighted by Crippen LogP contribution is 2.48. The van der Waals surface area contributed by atoms with Gasteiger partial charge in [0.05, 0.1) is 0 Å². The van der Waals surface area contributed by atoms with Gasteiger partial charge in [0, 0.05) is 5.56 Å². The van der Waals surface area contributed by atoms with Crippen LogP contribution in [0.3, 0.4) is 0 Å². The minimum atomic E-state index is -0.474. The van der Waals surface area contributed by atoms with Crippen molar-refractivity contribution >= 4 is 0 Å². The van der Waals surface area contributed by atoms with Gasteiger partial charge in [0.15, 0.2) is 11.6 Å². The van der Waals surface area contributed by atoms with Gasteiger partial charge in [-0.25, -0.2) is 8.78 Å². The van der Waals surface area contributed by atoms with E-state index in [0.29, 0.717) is 23.7 Å². The molecule has 3 aromatic carbocycles. The van der Waals surface area contributed by atoms with E-state index in [1.54, 1.807) is 18.2 Å². The summed E-state index contributed by atoms with van der Waals surface area (Å²) in [7, 11) is 0. The minimum absolute atomic E-state index is 0.180. The van der Waals surface area contributed by atoms with Crippen LogP contribution in [-0.4, -0.2) is 0 Å². The fourth-order valence-electron chi connectivity index (χ4n) is 6.20. The Bertz CT molecular complexity index is 1110.